The van der Waals surface area contributed by atoms with Gasteiger partial charge in [0.1, 0.15) is 0 Å². The van der Waals surface area contributed by atoms with Crippen molar-refractivity contribution in [2.45, 2.75) is 6.92 Å². The molecule has 0 aliphatic carbocycles. The van der Waals surface area contributed by atoms with Gasteiger partial charge >= 0.3 is 5.97 Å². The molecule has 0 saturated heterocycles. The molecular formula is C4H5FO2. The van der Waals surface area contributed by atoms with Gasteiger partial charge in [-0.05, 0) is 6.58 Å². The number of carbonyl (C=O) groups excluding carboxylic acids is 1. The third-order valence-corrected chi connectivity index (χ3v) is 0.254. The quantitative estimate of drug-likeness (QED) is 0.366. The molecule has 0 aromatic carbocycles. The topological polar surface area (TPSA) is 26.3 Å². The van der Waals surface area contributed by atoms with E-state index >= 15 is 0 Å². The van der Waals surface area contributed by atoms with Crippen LogP contribution in [0.3, 0.4) is 0 Å². The van der Waals surface area contributed by atoms with Gasteiger partial charge < -0.3 is 4.74 Å². The summed E-state index contributed by atoms with van der Waals surface area (Å²) >= 11 is 0. The summed E-state index contributed by atoms with van der Waals surface area (Å²) in [5.74, 6) is -0.687. The maximum atomic E-state index is 11.3. The van der Waals surface area contributed by atoms with Gasteiger partial charge in [-0.15, -0.1) is 0 Å². The number of halogens is 1. The summed E-state index contributed by atoms with van der Waals surface area (Å²) in [5.41, 5.74) is 0. The molecule has 2 nitrogen and oxygen atoms in total. The molecule has 7 heavy (non-hydrogen) atoms. The SMILES string of the molecule is C=C(F)OC(C)=O. The van der Waals surface area contributed by atoms with Crippen LogP contribution in [0.25, 0.3) is 0 Å². The Bertz CT molecular complexity index is 85.9. The Balaban J connectivity index is 3.32. The summed E-state index contributed by atoms with van der Waals surface area (Å²) in [6.07, 6.45) is 0. The average molecular weight is 104 g/mol. The Morgan fingerprint density at radius 2 is 2.29 bits per heavy atom. The Labute approximate surface area is 40.6 Å². The van der Waals surface area contributed by atoms with Crippen molar-refractivity contribution < 1.29 is 13.9 Å². The van der Waals surface area contributed by atoms with Crippen LogP contribution in [0.15, 0.2) is 12.6 Å². The number of rotatable bonds is 1. The van der Waals surface area contributed by atoms with E-state index in [-0.39, 0.29) is 0 Å². The van der Waals surface area contributed by atoms with Gasteiger partial charge in [-0.1, -0.05) is 0 Å². The van der Waals surface area contributed by atoms with Crippen molar-refractivity contribution >= 4 is 5.97 Å². The Kier molecular flexibility index (Phi) is 2.05. The van der Waals surface area contributed by atoms with Crippen LogP contribution in [0.2, 0.25) is 0 Å². The van der Waals surface area contributed by atoms with Crippen LogP contribution in [-0.2, 0) is 9.53 Å². The number of carbonyl (C=O) groups is 1. The predicted octanol–water partition coefficient (Wildman–Crippen LogP) is 0.990. The van der Waals surface area contributed by atoms with E-state index in [1.165, 1.54) is 0 Å². The van der Waals surface area contributed by atoms with E-state index in [2.05, 4.69) is 11.3 Å². The molecule has 0 N–H and O–H groups in total. The molecule has 0 heterocycles. The lowest BCUT2D eigenvalue weighted by molar-refractivity contribution is -0.138. The van der Waals surface area contributed by atoms with Gasteiger partial charge in [0.25, 0.3) is 6.01 Å². The Hall–Kier alpha value is -0.860. The third-order valence-electron chi connectivity index (χ3n) is 0.254. The number of hydrogen-bond acceptors (Lipinski definition) is 2. The number of esters is 1. The molecule has 0 aromatic rings. The van der Waals surface area contributed by atoms with E-state index in [1.54, 1.807) is 0 Å². The summed E-state index contributed by atoms with van der Waals surface area (Å²) < 4.78 is 15.1. The molecule has 0 amide bonds. The highest BCUT2D eigenvalue weighted by Gasteiger charge is 1.91. The van der Waals surface area contributed by atoms with Crippen molar-refractivity contribution in [3.8, 4) is 0 Å². The zero-order valence-electron chi connectivity index (χ0n) is 3.90. The molecule has 40 valence electrons. The Morgan fingerprint density at radius 1 is 1.86 bits per heavy atom. The molecule has 0 aliphatic heterocycles. The van der Waals surface area contributed by atoms with E-state index < -0.39 is 12.0 Å². The molecule has 0 aliphatic rings. The van der Waals surface area contributed by atoms with Gasteiger partial charge in [-0.2, -0.15) is 4.39 Å². The molecule has 0 atom stereocenters. The fraction of sp³-hybridized carbons (Fsp3) is 0.250. The minimum absolute atomic E-state index is 0.687. The van der Waals surface area contributed by atoms with Crippen LogP contribution >= 0.6 is 0 Å². The summed E-state index contributed by atoms with van der Waals surface area (Å²) in [6.45, 7) is 3.79. The lowest BCUT2D eigenvalue weighted by atomic mass is 10.8. The van der Waals surface area contributed by atoms with Crippen LogP contribution < -0.4 is 0 Å². The first-order valence-corrected chi connectivity index (χ1v) is 1.65. The van der Waals surface area contributed by atoms with Gasteiger partial charge in [0.15, 0.2) is 0 Å². The standard InChI is InChI=1S/C4H5FO2/c1-3(5)7-4(2)6/h1H2,2H3. The maximum Gasteiger partial charge on any atom is 0.309 e. The molecule has 0 radical (unpaired) electrons. The molecule has 0 spiro atoms. The summed E-state index contributed by atoms with van der Waals surface area (Å²) in [6, 6.07) is -1.06. The third kappa shape index (κ3) is 5.14. The zero-order chi connectivity index (χ0) is 5.86. The minimum atomic E-state index is -1.06. The Morgan fingerprint density at radius 3 is 2.29 bits per heavy atom. The fourth-order valence-electron chi connectivity index (χ4n) is 0.156. The molecule has 0 fully saturated rings. The van der Waals surface area contributed by atoms with Crippen molar-refractivity contribution in [1.82, 2.24) is 0 Å². The van der Waals surface area contributed by atoms with E-state index in [0.717, 1.165) is 6.92 Å². The first-order chi connectivity index (χ1) is 3.13. The summed E-state index contributed by atoms with van der Waals surface area (Å²) in [7, 11) is 0. The van der Waals surface area contributed by atoms with E-state index in [4.69, 9.17) is 0 Å². The van der Waals surface area contributed by atoms with Gasteiger partial charge in [0, 0.05) is 6.92 Å². The smallest absolute Gasteiger partial charge is 0.309 e. The second-order valence-electron chi connectivity index (χ2n) is 0.949. The van der Waals surface area contributed by atoms with Gasteiger partial charge in [-0.25, -0.2) is 0 Å². The lowest BCUT2D eigenvalue weighted by Gasteiger charge is -1.89. The minimum Gasteiger partial charge on any atom is -0.399 e. The highest BCUT2D eigenvalue weighted by atomic mass is 19.1. The lowest BCUT2D eigenvalue weighted by Crippen LogP contribution is -1.92. The predicted molar refractivity (Wildman–Crippen MR) is 22.0 cm³/mol. The summed E-state index contributed by atoms with van der Waals surface area (Å²) in [5, 5.41) is 0. The summed E-state index contributed by atoms with van der Waals surface area (Å²) in [4.78, 5) is 9.73. The van der Waals surface area contributed by atoms with Crippen molar-refractivity contribution in [3.63, 3.8) is 0 Å². The normalized spacial score (nSPS) is 7.71. The van der Waals surface area contributed by atoms with Crippen LogP contribution in [0.4, 0.5) is 4.39 Å². The van der Waals surface area contributed by atoms with E-state index in [1.807, 2.05) is 0 Å². The second-order valence-corrected chi connectivity index (χ2v) is 0.949. The molecule has 0 bridgehead atoms. The van der Waals surface area contributed by atoms with Crippen molar-refractivity contribution in [2.75, 3.05) is 0 Å². The number of ether oxygens (including phenoxy) is 1. The first kappa shape index (κ1) is 6.14. The van der Waals surface area contributed by atoms with Crippen LogP contribution in [0, 0.1) is 0 Å². The van der Waals surface area contributed by atoms with Crippen molar-refractivity contribution in [2.24, 2.45) is 0 Å². The largest absolute Gasteiger partial charge is 0.399 e. The van der Waals surface area contributed by atoms with Crippen molar-refractivity contribution in [3.05, 3.63) is 12.6 Å². The first-order valence-electron chi connectivity index (χ1n) is 1.65. The van der Waals surface area contributed by atoms with Gasteiger partial charge in [-0.3, -0.25) is 4.79 Å². The van der Waals surface area contributed by atoms with Crippen LogP contribution in [-0.4, -0.2) is 5.97 Å². The highest BCUT2D eigenvalue weighted by Crippen LogP contribution is 1.91. The highest BCUT2D eigenvalue weighted by molar-refractivity contribution is 5.66. The van der Waals surface area contributed by atoms with E-state index in [9.17, 15) is 9.18 Å². The molecule has 0 unspecified atom stereocenters. The monoisotopic (exact) mass is 104 g/mol. The molecule has 0 aromatic heterocycles. The van der Waals surface area contributed by atoms with E-state index in [0.29, 0.717) is 0 Å². The molecule has 0 rings (SSSR count). The second kappa shape index (κ2) is 2.34. The van der Waals surface area contributed by atoms with Gasteiger partial charge in [0.2, 0.25) is 0 Å². The fourth-order valence-corrected chi connectivity index (χ4v) is 0.156. The molecule has 3 heteroatoms. The molecular weight excluding hydrogens is 99.0 g/mol. The average Bonchev–Trinajstić information content (AvgIpc) is 1.27. The van der Waals surface area contributed by atoms with Crippen LogP contribution in [0.5, 0.6) is 0 Å². The van der Waals surface area contributed by atoms with Crippen LogP contribution in [0.1, 0.15) is 6.92 Å². The van der Waals surface area contributed by atoms with Crippen molar-refractivity contribution in [1.29, 1.82) is 0 Å². The maximum absolute atomic E-state index is 11.3. The van der Waals surface area contributed by atoms with Gasteiger partial charge in [0.05, 0.1) is 0 Å². The number of hydrogen-bond donors (Lipinski definition) is 0. The zero-order valence-corrected chi connectivity index (χ0v) is 3.90. The molecule has 0 saturated carbocycles.